The van der Waals surface area contributed by atoms with Crippen LogP contribution in [0.15, 0.2) is 64.8 Å². The Morgan fingerprint density at radius 1 is 0.932 bits per heavy atom. The van der Waals surface area contributed by atoms with Gasteiger partial charge in [-0.1, -0.05) is 41.9 Å². The summed E-state index contributed by atoms with van der Waals surface area (Å²) < 4.78 is 15.4. The average Bonchev–Trinajstić information content (AvgIpc) is 2.98. The van der Waals surface area contributed by atoms with Gasteiger partial charge in [-0.2, -0.15) is 0 Å². The highest BCUT2D eigenvalue weighted by Crippen LogP contribution is 2.42. The van der Waals surface area contributed by atoms with E-state index in [1.54, 1.807) is 24.3 Å². The number of ether oxygens (including phenoxy) is 3. The summed E-state index contributed by atoms with van der Waals surface area (Å²) >= 11 is 6.03. The zero-order chi connectivity index (χ0) is 32.2. The van der Waals surface area contributed by atoms with E-state index in [-0.39, 0.29) is 36.7 Å². The van der Waals surface area contributed by atoms with Crippen molar-refractivity contribution in [3.8, 4) is 5.75 Å². The molecule has 44 heavy (non-hydrogen) atoms. The maximum absolute atomic E-state index is 12.1. The highest BCUT2D eigenvalue weighted by atomic mass is 35.5. The van der Waals surface area contributed by atoms with Crippen LogP contribution < -0.4 is 15.4 Å². The van der Waals surface area contributed by atoms with Gasteiger partial charge in [0.05, 0.1) is 45.8 Å². The molecule has 17 heteroatoms. The predicted molar refractivity (Wildman–Crippen MR) is 157 cm³/mol. The van der Waals surface area contributed by atoms with Gasteiger partial charge < -0.3 is 24.8 Å². The van der Waals surface area contributed by atoms with Crippen LogP contribution >= 0.6 is 11.6 Å². The molecular formula is C27H25ClN6O10. The summed E-state index contributed by atoms with van der Waals surface area (Å²) in [4.78, 5) is 56.7. The molecule has 3 aromatic carbocycles. The number of nitro groups is 2. The number of hydrogen-bond acceptors (Lipinski definition) is 13. The first-order valence-corrected chi connectivity index (χ1v) is 13.0. The number of non-ortho nitro benzene ring substituents is 1. The Morgan fingerprint density at radius 2 is 1.66 bits per heavy atom. The Hall–Kier alpha value is -5.64. The molecule has 0 radical (unpaired) electrons. The van der Waals surface area contributed by atoms with E-state index >= 15 is 0 Å². The number of halogens is 1. The minimum absolute atomic E-state index is 0.000239. The summed E-state index contributed by atoms with van der Waals surface area (Å²) in [6.45, 7) is 0.761. The van der Waals surface area contributed by atoms with E-state index in [0.717, 1.165) is 11.6 Å². The quantitative estimate of drug-likeness (QED) is 0.0965. The molecule has 2 N–H and O–H groups in total. The lowest BCUT2D eigenvalue weighted by molar-refractivity contribution is -0.393. The number of carbonyl (C=O) groups excluding carboxylic acids is 3. The number of rotatable bonds is 14. The standard InChI is InChI=1S/C27H25ClN6O10/c1-16(35)30-20-12-22(29-9-8-25(36)44-15-26(37)43-14-17-6-4-3-5-7-17)24(42-2)13-21(20)31-32-27-19(28)10-18(33(38)39)11-23(27)34(40)41/h3-7,10-13,29H,8-9,14-15H2,1-2H3,(H,30,35). The number of nitrogens with zero attached hydrogens (tertiary/aromatic N) is 4. The third kappa shape index (κ3) is 9.45. The van der Waals surface area contributed by atoms with Crippen LogP contribution in [0.4, 0.5) is 34.1 Å². The van der Waals surface area contributed by atoms with Gasteiger partial charge in [0, 0.05) is 25.6 Å². The summed E-state index contributed by atoms with van der Waals surface area (Å²) in [5, 5.41) is 35.5. The second-order valence-corrected chi connectivity index (χ2v) is 9.15. The number of benzene rings is 3. The Labute approximate surface area is 254 Å². The fourth-order valence-corrected chi connectivity index (χ4v) is 3.80. The largest absolute Gasteiger partial charge is 0.495 e. The molecule has 0 aliphatic heterocycles. The van der Waals surface area contributed by atoms with E-state index in [2.05, 4.69) is 20.9 Å². The number of esters is 2. The molecule has 0 aromatic heterocycles. The van der Waals surface area contributed by atoms with Crippen molar-refractivity contribution in [2.24, 2.45) is 10.2 Å². The molecule has 0 saturated carbocycles. The number of nitro benzene ring substituents is 2. The fourth-order valence-electron chi connectivity index (χ4n) is 3.56. The van der Waals surface area contributed by atoms with Crippen molar-refractivity contribution >= 4 is 63.6 Å². The van der Waals surface area contributed by atoms with Gasteiger partial charge in [0.15, 0.2) is 12.3 Å². The van der Waals surface area contributed by atoms with Gasteiger partial charge in [-0.25, -0.2) is 4.79 Å². The molecule has 3 aromatic rings. The summed E-state index contributed by atoms with van der Waals surface area (Å²) in [7, 11) is 1.34. The molecule has 0 aliphatic carbocycles. The van der Waals surface area contributed by atoms with E-state index in [4.69, 9.17) is 25.8 Å². The van der Waals surface area contributed by atoms with Crippen LogP contribution in [0.2, 0.25) is 5.02 Å². The van der Waals surface area contributed by atoms with Crippen molar-refractivity contribution in [2.75, 3.05) is 30.9 Å². The minimum Gasteiger partial charge on any atom is -0.495 e. The first kappa shape index (κ1) is 32.9. The summed E-state index contributed by atoms with van der Waals surface area (Å²) in [6.07, 6.45) is -0.144. The van der Waals surface area contributed by atoms with Crippen LogP contribution in [0, 0.1) is 20.2 Å². The van der Waals surface area contributed by atoms with Gasteiger partial charge >= 0.3 is 17.6 Å². The average molecular weight is 629 g/mol. The van der Waals surface area contributed by atoms with Crippen molar-refractivity contribution in [1.82, 2.24) is 0 Å². The SMILES string of the molecule is COc1cc(N=Nc2c(Cl)cc([N+](=O)[O-])cc2[N+](=O)[O-])c(NC(C)=O)cc1NCCC(=O)OCC(=O)OCc1ccccc1. The maximum Gasteiger partial charge on any atom is 0.344 e. The zero-order valence-electron chi connectivity index (χ0n) is 23.3. The summed E-state index contributed by atoms with van der Waals surface area (Å²) in [5.74, 6) is -1.68. The van der Waals surface area contributed by atoms with Gasteiger partial charge in [-0.3, -0.25) is 29.8 Å². The fraction of sp³-hybridized carbons (Fsp3) is 0.222. The molecular weight excluding hydrogens is 604 g/mol. The van der Waals surface area contributed by atoms with Crippen molar-refractivity contribution in [3.63, 3.8) is 0 Å². The Morgan fingerprint density at radius 3 is 2.30 bits per heavy atom. The maximum atomic E-state index is 12.1. The summed E-state index contributed by atoms with van der Waals surface area (Å²) in [5.41, 5.74) is -0.593. The van der Waals surface area contributed by atoms with E-state index in [1.165, 1.54) is 26.2 Å². The highest BCUT2D eigenvalue weighted by Gasteiger charge is 2.24. The van der Waals surface area contributed by atoms with E-state index < -0.39 is 56.4 Å². The lowest BCUT2D eigenvalue weighted by Crippen LogP contribution is -2.18. The zero-order valence-corrected chi connectivity index (χ0v) is 24.0. The second kappa shape index (κ2) is 15.5. The molecule has 0 aliphatic rings. The highest BCUT2D eigenvalue weighted by molar-refractivity contribution is 6.33. The first-order chi connectivity index (χ1) is 21.0. The lowest BCUT2D eigenvalue weighted by atomic mass is 10.2. The number of anilines is 2. The summed E-state index contributed by atoms with van der Waals surface area (Å²) in [6, 6.07) is 13.4. The molecule has 16 nitrogen and oxygen atoms in total. The Kier molecular flexibility index (Phi) is 11.6. The topological polar surface area (TPSA) is 214 Å². The molecule has 3 rings (SSSR count). The van der Waals surface area contributed by atoms with E-state index in [0.29, 0.717) is 11.8 Å². The number of azo groups is 1. The van der Waals surface area contributed by atoms with Crippen LogP contribution in [0.3, 0.4) is 0 Å². The third-order valence-corrected chi connectivity index (χ3v) is 5.85. The van der Waals surface area contributed by atoms with Gasteiger partial charge in [0.2, 0.25) is 5.91 Å². The molecule has 0 bridgehead atoms. The monoisotopic (exact) mass is 628 g/mol. The minimum atomic E-state index is -0.895. The van der Waals surface area contributed by atoms with Crippen molar-refractivity contribution in [1.29, 1.82) is 0 Å². The van der Waals surface area contributed by atoms with Crippen LogP contribution in [0.1, 0.15) is 18.9 Å². The first-order valence-electron chi connectivity index (χ1n) is 12.6. The molecule has 0 unspecified atom stereocenters. The van der Waals surface area contributed by atoms with Crippen molar-refractivity contribution < 1.29 is 38.4 Å². The Bertz CT molecular complexity index is 1600. The lowest BCUT2D eigenvalue weighted by Gasteiger charge is -2.15. The van der Waals surface area contributed by atoms with Crippen molar-refractivity contribution in [3.05, 3.63) is 85.4 Å². The normalized spacial score (nSPS) is 10.6. The second-order valence-electron chi connectivity index (χ2n) is 8.74. The predicted octanol–water partition coefficient (Wildman–Crippen LogP) is 5.63. The molecule has 1 amide bonds. The number of amides is 1. The number of carbonyl (C=O) groups is 3. The van der Waals surface area contributed by atoms with Crippen LogP contribution in [0.25, 0.3) is 0 Å². The van der Waals surface area contributed by atoms with Gasteiger partial charge in [-0.15, -0.1) is 10.2 Å². The molecule has 0 atom stereocenters. The number of methoxy groups -OCH3 is 1. The Balaban J connectivity index is 1.70. The van der Waals surface area contributed by atoms with Crippen LogP contribution in [0.5, 0.6) is 5.75 Å². The van der Waals surface area contributed by atoms with E-state index in [9.17, 15) is 34.6 Å². The van der Waals surface area contributed by atoms with Crippen LogP contribution in [-0.4, -0.2) is 48.0 Å². The van der Waals surface area contributed by atoms with Gasteiger partial charge in [-0.05, 0) is 11.6 Å². The van der Waals surface area contributed by atoms with Gasteiger partial charge in [0.25, 0.3) is 5.69 Å². The van der Waals surface area contributed by atoms with E-state index in [1.807, 2.05) is 6.07 Å². The molecule has 230 valence electrons. The number of hydrogen-bond donors (Lipinski definition) is 2. The molecule has 0 fully saturated rings. The van der Waals surface area contributed by atoms with Crippen molar-refractivity contribution in [2.45, 2.75) is 20.0 Å². The van der Waals surface area contributed by atoms with Crippen LogP contribution in [-0.2, 0) is 30.5 Å². The molecule has 0 spiro atoms. The molecule has 0 heterocycles. The smallest absolute Gasteiger partial charge is 0.344 e. The van der Waals surface area contributed by atoms with Gasteiger partial charge in [0.1, 0.15) is 18.0 Å². The molecule has 0 saturated heterocycles. The third-order valence-electron chi connectivity index (χ3n) is 5.56. The number of nitrogens with one attached hydrogen (secondary N) is 2.